The van der Waals surface area contributed by atoms with Crippen LogP contribution in [-0.2, 0) is 22.4 Å². The first kappa shape index (κ1) is 24.6. The number of aryl methyl sites for hydroxylation is 1. The fraction of sp³-hybridized carbons (Fsp3) is 0.333. The van der Waals surface area contributed by atoms with Gasteiger partial charge in [0.25, 0.3) is 5.91 Å². The smallest absolute Gasteiger partial charge is 0.255 e. The molecular formula is C27H28ClNO4S. The second-order valence-electron chi connectivity index (χ2n) is 8.68. The number of halogens is 1. The van der Waals surface area contributed by atoms with Gasteiger partial charge in [0.1, 0.15) is 6.10 Å². The summed E-state index contributed by atoms with van der Waals surface area (Å²) in [4.78, 5) is 28.1. The maximum Gasteiger partial charge on any atom is 0.255 e. The van der Waals surface area contributed by atoms with Crippen LogP contribution in [0.5, 0.6) is 0 Å². The number of rotatable bonds is 9. The van der Waals surface area contributed by atoms with Gasteiger partial charge in [-0.1, -0.05) is 54.1 Å². The number of hydrogen-bond acceptors (Lipinski definition) is 5. The lowest BCUT2D eigenvalue weighted by molar-refractivity contribution is -0.153. The van der Waals surface area contributed by atoms with E-state index in [1.807, 2.05) is 30.3 Å². The lowest BCUT2D eigenvalue weighted by Gasteiger charge is -2.28. The van der Waals surface area contributed by atoms with Gasteiger partial charge in [-0.2, -0.15) is 0 Å². The van der Waals surface area contributed by atoms with Crippen LogP contribution >= 0.6 is 22.9 Å². The first-order valence-corrected chi connectivity index (χ1v) is 12.7. The highest BCUT2D eigenvalue weighted by atomic mass is 35.5. The van der Waals surface area contributed by atoms with Crippen LogP contribution in [0.1, 0.15) is 46.9 Å². The first-order valence-electron chi connectivity index (χ1n) is 11.5. The monoisotopic (exact) mass is 497 g/mol. The minimum atomic E-state index is -1.77. The fourth-order valence-corrected chi connectivity index (χ4v) is 5.54. The summed E-state index contributed by atoms with van der Waals surface area (Å²) in [6.45, 7) is 0.466. The molecule has 0 radical (unpaired) electrons. The van der Waals surface area contributed by atoms with Gasteiger partial charge in [-0.05, 0) is 66.0 Å². The summed E-state index contributed by atoms with van der Waals surface area (Å²) in [6.07, 6.45) is -0.638. The Bertz CT molecular complexity index is 1130. The van der Waals surface area contributed by atoms with Crippen molar-refractivity contribution in [2.24, 2.45) is 0 Å². The average Bonchev–Trinajstić information content (AvgIpc) is 3.51. The third-order valence-corrected chi connectivity index (χ3v) is 7.51. The van der Waals surface area contributed by atoms with Gasteiger partial charge in [-0.25, -0.2) is 0 Å². The maximum absolute atomic E-state index is 12.9. The molecule has 2 heterocycles. The number of carbonyl (C=O) groups excluding carboxylic acids is 2. The van der Waals surface area contributed by atoms with Crippen LogP contribution in [0.4, 0.5) is 0 Å². The molecule has 34 heavy (non-hydrogen) atoms. The van der Waals surface area contributed by atoms with Crippen molar-refractivity contribution in [2.45, 2.75) is 50.4 Å². The molecule has 3 atom stereocenters. The summed E-state index contributed by atoms with van der Waals surface area (Å²) in [7, 11) is 0. The third kappa shape index (κ3) is 5.94. The van der Waals surface area contributed by atoms with E-state index in [1.54, 1.807) is 28.4 Å². The Labute approximate surface area is 208 Å². The summed E-state index contributed by atoms with van der Waals surface area (Å²) in [5.41, 5.74) is 3.28. The van der Waals surface area contributed by atoms with Crippen molar-refractivity contribution in [3.8, 4) is 0 Å². The normalized spacial score (nSPS) is 17.5. The van der Waals surface area contributed by atoms with E-state index in [0.717, 1.165) is 29.7 Å². The van der Waals surface area contributed by atoms with Crippen molar-refractivity contribution in [3.63, 3.8) is 0 Å². The number of carbonyl (C=O) groups is 2. The Hall–Kier alpha value is -2.51. The second-order valence-corrected chi connectivity index (χ2v) is 10.1. The molecule has 1 aliphatic rings. The van der Waals surface area contributed by atoms with Crippen molar-refractivity contribution in [2.75, 3.05) is 6.54 Å². The molecule has 2 aromatic carbocycles. The summed E-state index contributed by atoms with van der Waals surface area (Å²) in [6, 6.07) is 19.3. The molecule has 4 rings (SSSR count). The number of hydrogen-bond donors (Lipinski definition) is 2. The second kappa shape index (κ2) is 11.3. The summed E-state index contributed by atoms with van der Waals surface area (Å²) in [5, 5.41) is 23.6. The number of ketones is 1. The van der Waals surface area contributed by atoms with Gasteiger partial charge < -0.3 is 15.1 Å². The number of likely N-dealkylation sites (tertiary alicyclic amines) is 1. The summed E-state index contributed by atoms with van der Waals surface area (Å²) < 4.78 is 0. The van der Waals surface area contributed by atoms with Crippen LogP contribution in [0, 0.1) is 0 Å². The molecule has 1 fully saturated rings. The van der Waals surface area contributed by atoms with Gasteiger partial charge in [0.15, 0.2) is 11.9 Å². The first-order chi connectivity index (χ1) is 16.4. The molecule has 1 aliphatic heterocycles. The number of benzene rings is 2. The van der Waals surface area contributed by atoms with Crippen molar-refractivity contribution in [1.29, 1.82) is 0 Å². The molecule has 3 aromatic rings. The topological polar surface area (TPSA) is 77.8 Å². The van der Waals surface area contributed by atoms with Gasteiger partial charge in [-0.15, -0.1) is 11.3 Å². The maximum atomic E-state index is 12.9. The lowest BCUT2D eigenvalue weighted by Crippen LogP contribution is -2.47. The van der Waals surface area contributed by atoms with Crippen LogP contribution in [0.25, 0.3) is 0 Å². The molecule has 0 aliphatic carbocycles. The average molecular weight is 498 g/mol. The largest absolute Gasteiger partial charge is 0.382 e. The SMILES string of the molecule is O=C(CCc1cc(Cc2ccccc2)cs1)[C@H](O)[C@@H](O)C(=O)N1CCCC1c1cccc(Cl)c1. The molecule has 0 saturated carbocycles. The molecule has 1 unspecified atom stereocenters. The van der Waals surface area contributed by atoms with E-state index in [4.69, 9.17) is 11.6 Å². The summed E-state index contributed by atoms with van der Waals surface area (Å²) in [5.74, 6) is -1.15. The quantitative estimate of drug-likeness (QED) is 0.453. The van der Waals surface area contributed by atoms with Gasteiger partial charge in [0.2, 0.25) is 0 Å². The lowest BCUT2D eigenvalue weighted by atomic mass is 10.0. The molecule has 0 spiro atoms. The Morgan fingerprint density at radius 1 is 1.03 bits per heavy atom. The van der Waals surface area contributed by atoms with Gasteiger partial charge in [0.05, 0.1) is 6.04 Å². The van der Waals surface area contributed by atoms with Crippen LogP contribution < -0.4 is 0 Å². The minimum Gasteiger partial charge on any atom is -0.382 e. The third-order valence-electron chi connectivity index (χ3n) is 6.23. The highest BCUT2D eigenvalue weighted by Crippen LogP contribution is 2.33. The van der Waals surface area contributed by atoms with Crippen molar-refractivity contribution < 1.29 is 19.8 Å². The molecule has 7 heteroatoms. The number of amides is 1. The predicted octanol–water partition coefficient (Wildman–Crippen LogP) is 4.58. The van der Waals surface area contributed by atoms with E-state index in [9.17, 15) is 19.8 Å². The van der Waals surface area contributed by atoms with Crippen LogP contribution in [0.2, 0.25) is 5.02 Å². The molecule has 0 bridgehead atoms. The highest BCUT2D eigenvalue weighted by molar-refractivity contribution is 7.10. The van der Waals surface area contributed by atoms with Crippen molar-refractivity contribution >= 4 is 34.6 Å². The zero-order valence-electron chi connectivity index (χ0n) is 18.8. The predicted molar refractivity (Wildman–Crippen MR) is 134 cm³/mol. The Balaban J connectivity index is 1.32. The number of Topliss-reactive ketones (excluding diaryl/α,β-unsaturated/α-hetero) is 1. The Morgan fingerprint density at radius 3 is 2.59 bits per heavy atom. The van der Waals surface area contributed by atoms with Crippen LogP contribution in [0.15, 0.2) is 66.0 Å². The van der Waals surface area contributed by atoms with E-state index in [2.05, 4.69) is 23.6 Å². The van der Waals surface area contributed by atoms with Gasteiger partial charge >= 0.3 is 0 Å². The van der Waals surface area contributed by atoms with Gasteiger partial charge in [0, 0.05) is 22.9 Å². The van der Waals surface area contributed by atoms with E-state index < -0.39 is 23.9 Å². The van der Waals surface area contributed by atoms with E-state index in [-0.39, 0.29) is 12.5 Å². The molecule has 178 valence electrons. The fourth-order valence-electron chi connectivity index (χ4n) is 4.45. The molecular weight excluding hydrogens is 470 g/mol. The zero-order valence-corrected chi connectivity index (χ0v) is 20.3. The molecule has 5 nitrogen and oxygen atoms in total. The van der Waals surface area contributed by atoms with E-state index in [0.29, 0.717) is 18.0 Å². The number of aliphatic hydroxyl groups is 2. The number of nitrogens with zero attached hydrogens (tertiary/aromatic N) is 1. The van der Waals surface area contributed by atoms with Crippen LogP contribution in [-0.4, -0.2) is 45.6 Å². The standard InChI is InChI=1S/C27H28ClNO4S/c28-21-9-4-8-20(16-21)23-10-5-13-29(23)27(33)26(32)25(31)24(30)12-11-22-15-19(17-34-22)14-18-6-2-1-3-7-18/h1-4,6-9,15-17,23,25-26,31-32H,5,10-14H2/t23?,25-,26+/m0/s1. The zero-order chi connectivity index (χ0) is 24.1. The summed E-state index contributed by atoms with van der Waals surface area (Å²) >= 11 is 7.67. The van der Waals surface area contributed by atoms with Crippen LogP contribution in [0.3, 0.4) is 0 Å². The molecule has 1 aromatic heterocycles. The Kier molecular flexibility index (Phi) is 8.16. The highest BCUT2D eigenvalue weighted by Gasteiger charge is 2.38. The minimum absolute atomic E-state index is 0.0640. The molecule has 1 amide bonds. The van der Waals surface area contributed by atoms with Gasteiger partial charge in [-0.3, -0.25) is 9.59 Å². The van der Waals surface area contributed by atoms with E-state index >= 15 is 0 Å². The number of aliphatic hydroxyl groups excluding tert-OH is 2. The van der Waals surface area contributed by atoms with Crippen molar-refractivity contribution in [3.05, 3.63) is 92.6 Å². The molecule has 2 N–H and O–H groups in total. The molecule has 1 saturated heterocycles. The Morgan fingerprint density at radius 2 is 1.82 bits per heavy atom. The number of thiophene rings is 1. The van der Waals surface area contributed by atoms with Crippen molar-refractivity contribution in [1.82, 2.24) is 4.90 Å². The van der Waals surface area contributed by atoms with E-state index in [1.165, 1.54) is 11.1 Å².